The van der Waals surface area contributed by atoms with Crippen molar-refractivity contribution in [1.82, 2.24) is 25.5 Å². The number of aromatic amines is 2. The Bertz CT molecular complexity index is 1810. The number of rotatable bonds is 10. The van der Waals surface area contributed by atoms with Gasteiger partial charge in [-0.15, -0.1) is 0 Å². The van der Waals surface area contributed by atoms with Crippen molar-refractivity contribution in [3.63, 3.8) is 0 Å². The molecule has 0 bridgehead atoms. The molecule has 0 saturated carbocycles. The molecule has 3 aromatic carbocycles. The van der Waals surface area contributed by atoms with Crippen LogP contribution in [0.4, 0.5) is 4.39 Å². The molecule has 1 aliphatic rings. The maximum absolute atomic E-state index is 13.9. The Kier molecular flexibility index (Phi) is 8.24. The Labute approximate surface area is 248 Å². The quantitative estimate of drug-likeness (QED) is 0.189. The minimum absolute atomic E-state index is 0.163. The first-order valence-corrected chi connectivity index (χ1v) is 14.4. The van der Waals surface area contributed by atoms with Crippen LogP contribution in [0.1, 0.15) is 23.1 Å². The fourth-order valence-corrected chi connectivity index (χ4v) is 5.79. The molecule has 5 aromatic rings. The van der Waals surface area contributed by atoms with Crippen molar-refractivity contribution >= 4 is 39.2 Å². The summed E-state index contributed by atoms with van der Waals surface area (Å²) >= 11 is 0. The number of carbonyl (C=O) groups is 2. The molecule has 1 unspecified atom stereocenters. The lowest BCUT2D eigenvalue weighted by Crippen LogP contribution is -2.50. The van der Waals surface area contributed by atoms with E-state index in [4.69, 9.17) is 4.74 Å². The lowest BCUT2D eigenvalue weighted by molar-refractivity contribution is -0.129. The third-order valence-corrected chi connectivity index (χ3v) is 8.05. The second-order valence-corrected chi connectivity index (χ2v) is 10.8. The van der Waals surface area contributed by atoms with Crippen molar-refractivity contribution in [3.05, 3.63) is 108 Å². The molecule has 0 radical (unpaired) electrons. The number of aromatic nitrogens is 2. The van der Waals surface area contributed by atoms with Gasteiger partial charge >= 0.3 is 0 Å². The number of nitrogens with zero attached hydrogens (tertiary/aromatic N) is 1. The minimum Gasteiger partial charge on any atom is -0.496 e. The maximum Gasteiger partial charge on any atom is 0.243 e. The lowest BCUT2D eigenvalue weighted by Gasteiger charge is -2.27. The van der Waals surface area contributed by atoms with Crippen LogP contribution in [0.2, 0.25) is 0 Å². The molecular weight excluding hydrogens is 545 g/mol. The SMILES string of the molecule is COc1ccccc1CNC(=O)C(Cc1c[nH]c2ccccc12)NC(=O)CN1CC=C(c2c[nH]c3ccc(F)cc23)CC1. The normalized spacial score (nSPS) is 14.4. The zero-order chi connectivity index (χ0) is 29.8. The Morgan fingerprint density at radius 2 is 1.77 bits per heavy atom. The molecule has 0 aliphatic carbocycles. The largest absolute Gasteiger partial charge is 0.496 e. The van der Waals surface area contributed by atoms with Crippen LogP contribution in [0.15, 0.2) is 85.2 Å². The van der Waals surface area contributed by atoms with E-state index in [2.05, 4.69) is 26.7 Å². The fourth-order valence-electron chi connectivity index (χ4n) is 5.79. The summed E-state index contributed by atoms with van der Waals surface area (Å²) in [5.74, 6) is -0.0623. The second kappa shape index (κ2) is 12.5. The van der Waals surface area contributed by atoms with Crippen LogP contribution in [0.5, 0.6) is 5.75 Å². The van der Waals surface area contributed by atoms with E-state index < -0.39 is 6.04 Å². The molecule has 1 aliphatic heterocycles. The number of halogens is 1. The van der Waals surface area contributed by atoms with Gasteiger partial charge in [-0.3, -0.25) is 14.5 Å². The Morgan fingerprint density at radius 1 is 0.977 bits per heavy atom. The van der Waals surface area contributed by atoms with Crippen LogP contribution in [0, 0.1) is 5.82 Å². The number of amides is 2. The van der Waals surface area contributed by atoms with Crippen molar-refractivity contribution in [2.24, 2.45) is 0 Å². The van der Waals surface area contributed by atoms with E-state index in [1.54, 1.807) is 19.2 Å². The van der Waals surface area contributed by atoms with Gasteiger partial charge in [-0.25, -0.2) is 4.39 Å². The Morgan fingerprint density at radius 3 is 2.60 bits per heavy atom. The van der Waals surface area contributed by atoms with Crippen LogP contribution in [0.25, 0.3) is 27.4 Å². The third kappa shape index (κ3) is 6.32. The smallest absolute Gasteiger partial charge is 0.243 e. The fraction of sp³-hybridized carbons (Fsp3) is 0.235. The zero-order valence-electron chi connectivity index (χ0n) is 24.0. The van der Waals surface area contributed by atoms with Gasteiger partial charge in [0.25, 0.3) is 0 Å². The van der Waals surface area contributed by atoms with E-state index in [-0.39, 0.29) is 30.7 Å². The molecule has 3 heterocycles. The number of benzene rings is 3. The number of methoxy groups -OCH3 is 1. The van der Waals surface area contributed by atoms with E-state index in [0.717, 1.165) is 50.5 Å². The first-order valence-electron chi connectivity index (χ1n) is 14.4. The van der Waals surface area contributed by atoms with Gasteiger partial charge in [-0.2, -0.15) is 0 Å². The van der Waals surface area contributed by atoms with E-state index in [1.165, 1.54) is 6.07 Å². The summed E-state index contributed by atoms with van der Waals surface area (Å²) in [7, 11) is 1.60. The number of hydrogen-bond donors (Lipinski definition) is 4. The number of ether oxygens (including phenoxy) is 1. The van der Waals surface area contributed by atoms with Crippen molar-refractivity contribution in [3.8, 4) is 5.75 Å². The standard InChI is InChI=1S/C34H34FN5O3/c1-43-32-9-5-2-6-23(32)18-38-34(42)31(16-24-19-36-29-8-4-3-7-26(24)29)39-33(41)21-40-14-12-22(13-15-40)28-20-37-30-11-10-25(35)17-27(28)30/h2-12,17,19-20,31,36-37H,13-16,18,21H2,1H3,(H,38,42)(H,39,41). The van der Waals surface area contributed by atoms with Crippen LogP contribution in [-0.4, -0.2) is 59.5 Å². The highest BCUT2D eigenvalue weighted by atomic mass is 19.1. The van der Waals surface area contributed by atoms with Gasteiger partial charge < -0.3 is 25.3 Å². The molecule has 43 heavy (non-hydrogen) atoms. The lowest BCUT2D eigenvalue weighted by atomic mass is 9.99. The van der Waals surface area contributed by atoms with E-state index >= 15 is 0 Å². The van der Waals surface area contributed by atoms with Crippen LogP contribution in [-0.2, 0) is 22.6 Å². The van der Waals surface area contributed by atoms with Crippen molar-refractivity contribution < 1.29 is 18.7 Å². The van der Waals surface area contributed by atoms with Crippen LogP contribution < -0.4 is 15.4 Å². The molecule has 2 amide bonds. The number of fused-ring (bicyclic) bond motifs is 2. The van der Waals surface area contributed by atoms with Crippen LogP contribution in [0.3, 0.4) is 0 Å². The van der Waals surface area contributed by atoms with E-state index in [1.807, 2.05) is 65.8 Å². The second-order valence-electron chi connectivity index (χ2n) is 10.8. The number of hydrogen-bond acceptors (Lipinski definition) is 4. The predicted octanol–water partition coefficient (Wildman–Crippen LogP) is 4.93. The molecule has 0 saturated heterocycles. The Hall–Kier alpha value is -4.89. The zero-order valence-corrected chi connectivity index (χ0v) is 24.0. The summed E-state index contributed by atoms with van der Waals surface area (Å²) in [5, 5.41) is 7.86. The molecule has 220 valence electrons. The van der Waals surface area contributed by atoms with Gasteiger partial charge in [0, 0.05) is 71.4 Å². The molecular formula is C34H34FN5O3. The highest BCUT2D eigenvalue weighted by molar-refractivity contribution is 5.93. The monoisotopic (exact) mass is 579 g/mol. The maximum atomic E-state index is 13.9. The average molecular weight is 580 g/mol. The molecule has 8 nitrogen and oxygen atoms in total. The molecule has 4 N–H and O–H groups in total. The summed E-state index contributed by atoms with van der Waals surface area (Å²) in [4.78, 5) is 35.3. The number of H-pyrrole nitrogens is 2. The van der Waals surface area contributed by atoms with E-state index in [0.29, 0.717) is 25.3 Å². The van der Waals surface area contributed by atoms with Gasteiger partial charge in [-0.1, -0.05) is 42.5 Å². The topological polar surface area (TPSA) is 102 Å². The van der Waals surface area contributed by atoms with Crippen molar-refractivity contribution in [2.45, 2.75) is 25.4 Å². The summed E-state index contributed by atoms with van der Waals surface area (Å²) < 4.78 is 19.3. The van der Waals surface area contributed by atoms with Gasteiger partial charge in [0.1, 0.15) is 17.6 Å². The predicted molar refractivity (Wildman–Crippen MR) is 166 cm³/mol. The molecule has 1 atom stereocenters. The van der Waals surface area contributed by atoms with Crippen molar-refractivity contribution in [1.29, 1.82) is 0 Å². The average Bonchev–Trinajstić information content (AvgIpc) is 3.64. The number of carbonyl (C=O) groups excluding carboxylic acids is 2. The van der Waals surface area contributed by atoms with Gasteiger partial charge in [0.05, 0.1) is 13.7 Å². The highest BCUT2D eigenvalue weighted by Gasteiger charge is 2.25. The number of nitrogens with one attached hydrogen (secondary N) is 4. The summed E-state index contributed by atoms with van der Waals surface area (Å²) in [6.45, 7) is 1.70. The summed E-state index contributed by atoms with van der Waals surface area (Å²) in [6.07, 6.45) is 6.97. The molecule has 6 rings (SSSR count). The molecule has 9 heteroatoms. The summed E-state index contributed by atoms with van der Waals surface area (Å²) in [5.41, 5.74) is 5.79. The molecule has 2 aromatic heterocycles. The third-order valence-electron chi connectivity index (χ3n) is 8.05. The molecule has 0 fully saturated rings. The molecule has 0 spiro atoms. The van der Waals surface area contributed by atoms with Gasteiger partial charge in [0.15, 0.2) is 0 Å². The number of para-hydroxylation sites is 2. The van der Waals surface area contributed by atoms with Gasteiger partial charge in [0.2, 0.25) is 11.8 Å². The Balaban J connectivity index is 1.13. The summed E-state index contributed by atoms with van der Waals surface area (Å²) in [6, 6.07) is 19.4. The highest BCUT2D eigenvalue weighted by Crippen LogP contribution is 2.29. The van der Waals surface area contributed by atoms with Crippen molar-refractivity contribution in [2.75, 3.05) is 26.7 Å². The van der Waals surface area contributed by atoms with E-state index in [9.17, 15) is 14.0 Å². The first kappa shape index (κ1) is 28.2. The first-order chi connectivity index (χ1) is 21.0. The van der Waals surface area contributed by atoms with Crippen LogP contribution >= 0.6 is 0 Å². The van der Waals surface area contributed by atoms with Gasteiger partial charge in [-0.05, 0) is 47.9 Å². The minimum atomic E-state index is -0.765.